The number of aryl methyl sites for hydroxylation is 2. The molecule has 0 radical (unpaired) electrons. The van der Waals surface area contributed by atoms with Crippen LogP contribution in [0.3, 0.4) is 0 Å². The molecule has 80 valence electrons. The highest BCUT2D eigenvalue weighted by Gasteiger charge is 2.34. The molecule has 1 aliphatic carbocycles. The first-order valence-electron chi connectivity index (χ1n) is 5.13. The highest BCUT2D eigenvalue weighted by atomic mass is 16.6. The Morgan fingerprint density at radius 3 is 2.60 bits per heavy atom. The van der Waals surface area contributed by atoms with E-state index in [1.165, 1.54) is 5.56 Å². The second-order valence-corrected chi connectivity index (χ2v) is 4.08. The summed E-state index contributed by atoms with van der Waals surface area (Å²) in [6, 6.07) is 4.09. The number of ether oxygens (including phenoxy) is 1. The Labute approximate surface area is 90.2 Å². The number of methoxy groups -OCH3 is 1. The second-order valence-electron chi connectivity index (χ2n) is 4.08. The van der Waals surface area contributed by atoms with E-state index in [4.69, 9.17) is 4.74 Å². The molecule has 0 fully saturated rings. The van der Waals surface area contributed by atoms with Crippen LogP contribution < -0.4 is 0 Å². The lowest BCUT2D eigenvalue weighted by Gasteiger charge is -2.32. The van der Waals surface area contributed by atoms with E-state index in [1.54, 1.807) is 7.11 Å². The van der Waals surface area contributed by atoms with Crippen molar-refractivity contribution in [3.05, 3.63) is 40.5 Å². The van der Waals surface area contributed by atoms with Gasteiger partial charge in [-0.15, -0.1) is 0 Å². The highest BCUT2D eigenvalue weighted by Crippen LogP contribution is 2.37. The van der Waals surface area contributed by atoms with Gasteiger partial charge in [0.25, 0.3) is 0 Å². The Bertz CT molecular complexity index is 421. The number of hydrogen-bond donors (Lipinski definition) is 1. The van der Waals surface area contributed by atoms with Gasteiger partial charge in [0.1, 0.15) is 0 Å². The standard InChI is InChI=1S/C13H16O2/c1-9-6-7-10(2)12-11(9)5-4-8-13(12,14)15-3/h4-7,14H,8H2,1-3H3. The first-order valence-corrected chi connectivity index (χ1v) is 5.13. The molecular weight excluding hydrogens is 188 g/mol. The summed E-state index contributed by atoms with van der Waals surface area (Å²) in [6.45, 7) is 4.05. The fraction of sp³-hybridized carbons (Fsp3) is 0.385. The van der Waals surface area contributed by atoms with Gasteiger partial charge in [-0.2, -0.15) is 0 Å². The van der Waals surface area contributed by atoms with E-state index in [0.717, 1.165) is 16.7 Å². The van der Waals surface area contributed by atoms with Crippen LogP contribution in [0.25, 0.3) is 6.08 Å². The van der Waals surface area contributed by atoms with Crippen LogP contribution in [0.4, 0.5) is 0 Å². The minimum atomic E-state index is -1.15. The summed E-state index contributed by atoms with van der Waals surface area (Å²) in [5.41, 5.74) is 4.24. The van der Waals surface area contributed by atoms with E-state index in [9.17, 15) is 5.11 Å². The van der Waals surface area contributed by atoms with Gasteiger partial charge in [-0.05, 0) is 30.5 Å². The lowest BCUT2D eigenvalue weighted by molar-refractivity contribution is -0.192. The Kier molecular flexibility index (Phi) is 2.41. The van der Waals surface area contributed by atoms with Crippen molar-refractivity contribution in [3.63, 3.8) is 0 Å². The third-order valence-electron chi connectivity index (χ3n) is 3.08. The summed E-state index contributed by atoms with van der Waals surface area (Å²) in [6.07, 6.45) is 4.53. The SMILES string of the molecule is COC1(O)CC=Cc2c(C)ccc(C)c21. The quantitative estimate of drug-likeness (QED) is 0.712. The average Bonchev–Trinajstić information content (AvgIpc) is 2.24. The summed E-state index contributed by atoms with van der Waals surface area (Å²) in [5, 5.41) is 10.4. The molecule has 0 bridgehead atoms. The zero-order chi connectivity index (χ0) is 11.1. The number of rotatable bonds is 1. The normalized spacial score (nSPS) is 24.0. The first kappa shape index (κ1) is 10.4. The smallest absolute Gasteiger partial charge is 0.196 e. The highest BCUT2D eigenvalue weighted by molar-refractivity contribution is 5.63. The second kappa shape index (κ2) is 3.47. The molecule has 0 saturated carbocycles. The molecule has 1 atom stereocenters. The van der Waals surface area contributed by atoms with Crippen molar-refractivity contribution in [2.75, 3.05) is 7.11 Å². The molecule has 0 spiro atoms. The maximum atomic E-state index is 10.4. The molecule has 0 saturated heterocycles. The molecule has 0 heterocycles. The third kappa shape index (κ3) is 1.50. The molecule has 1 unspecified atom stereocenters. The molecular formula is C13H16O2. The van der Waals surface area contributed by atoms with E-state index in [1.807, 2.05) is 26.0 Å². The van der Waals surface area contributed by atoms with Crippen molar-refractivity contribution in [2.24, 2.45) is 0 Å². The monoisotopic (exact) mass is 204 g/mol. The molecule has 2 nitrogen and oxygen atoms in total. The lowest BCUT2D eigenvalue weighted by atomic mass is 9.86. The number of fused-ring (bicyclic) bond motifs is 1. The van der Waals surface area contributed by atoms with Gasteiger partial charge < -0.3 is 9.84 Å². The fourth-order valence-electron chi connectivity index (χ4n) is 2.19. The third-order valence-corrected chi connectivity index (χ3v) is 3.08. The minimum absolute atomic E-state index is 0.515. The Balaban J connectivity index is 2.71. The van der Waals surface area contributed by atoms with Gasteiger partial charge in [0.15, 0.2) is 5.79 Å². The van der Waals surface area contributed by atoms with Gasteiger partial charge in [0.2, 0.25) is 0 Å². The van der Waals surface area contributed by atoms with Crippen LogP contribution in [-0.4, -0.2) is 12.2 Å². The van der Waals surface area contributed by atoms with Gasteiger partial charge in [-0.25, -0.2) is 0 Å². The molecule has 0 aliphatic heterocycles. The maximum Gasteiger partial charge on any atom is 0.196 e. The van der Waals surface area contributed by atoms with Crippen molar-refractivity contribution in [3.8, 4) is 0 Å². The molecule has 1 aliphatic rings. The predicted octanol–water partition coefficient (Wildman–Crippen LogP) is 2.51. The molecule has 2 rings (SSSR count). The Hall–Kier alpha value is -1.12. The lowest BCUT2D eigenvalue weighted by Crippen LogP contribution is -2.31. The minimum Gasteiger partial charge on any atom is -0.362 e. The van der Waals surface area contributed by atoms with Crippen LogP contribution >= 0.6 is 0 Å². The van der Waals surface area contributed by atoms with Crippen LogP contribution in [0.2, 0.25) is 0 Å². The van der Waals surface area contributed by atoms with Crippen molar-refractivity contribution in [2.45, 2.75) is 26.1 Å². The zero-order valence-electron chi connectivity index (χ0n) is 9.37. The van der Waals surface area contributed by atoms with Crippen molar-refractivity contribution in [1.29, 1.82) is 0 Å². The van der Waals surface area contributed by atoms with E-state index >= 15 is 0 Å². The van der Waals surface area contributed by atoms with Gasteiger partial charge in [-0.3, -0.25) is 0 Å². The molecule has 1 aromatic carbocycles. The maximum absolute atomic E-state index is 10.4. The fourth-order valence-corrected chi connectivity index (χ4v) is 2.19. The van der Waals surface area contributed by atoms with E-state index < -0.39 is 5.79 Å². The topological polar surface area (TPSA) is 29.5 Å². The first-order chi connectivity index (χ1) is 7.08. The summed E-state index contributed by atoms with van der Waals surface area (Å²) in [5.74, 6) is -1.15. The molecule has 0 aromatic heterocycles. The van der Waals surface area contributed by atoms with Crippen molar-refractivity contribution < 1.29 is 9.84 Å². The van der Waals surface area contributed by atoms with E-state index in [-0.39, 0.29) is 0 Å². The van der Waals surface area contributed by atoms with E-state index in [2.05, 4.69) is 12.1 Å². The number of benzene rings is 1. The van der Waals surface area contributed by atoms with Gasteiger partial charge >= 0.3 is 0 Å². The Morgan fingerprint density at radius 1 is 1.27 bits per heavy atom. The van der Waals surface area contributed by atoms with Crippen molar-refractivity contribution >= 4 is 6.08 Å². The van der Waals surface area contributed by atoms with Crippen LogP contribution in [0.15, 0.2) is 18.2 Å². The molecule has 0 amide bonds. The van der Waals surface area contributed by atoms with Gasteiger partial charge in [0.05, 0.1) is 0 Å². The molecule has 1 N–H and O–H groups in total. The van der Waals surface area contributed by atoms with Crippen LogP contribution in [0.1, 0.15) is 28.7 Å². The van der Waals surface area contributed by atoms with E-state index in [0.29, 0.717) is 6.42 Å². The molecule has 15 heavy (non-hydrogen) atoms. The summed E-state index contributed by atoms with van der Waals surface area (Å²) < 4.78 is 5.25. The van der Waals surface area contributed by atoms with Crippen LogP contribution in [0, 0.1) is 13.8 Å². The summed E-state index contributed by atoms with van der Waals surface area (Å²) >= 11 is 0. The van der Waals surface area contributed by atoms with Crippen LogP contribution in [0.5, 0.6) is 0 Å². The predicted molar refractivity (Wildman–Crippen MR) is 60.5 cm³/mol. The summed E-state index contributed by atoms with van der Waals surface area (Å²) in [4.78, 5) is 0. The van der Waals surface area contributed by atoms with Gasteiger partial charge in [0, 0.05) is 19.1 Å². The Morgan fingerprint density at radius 2 is 1.93 bits per heavy atom. The summed E-state index contributed by atoms with van der Waals surface area (Å²) in [7, 11) is 1.55. The zero-order valence-corrected chi connectivity index (χ0v) is 9.37. The average molecular weight is 204 g/mol. The molecule has 1 aromatic rings. The molecule has 2 heteroatoms. The number of hydrogen-bond acceptors (Lipinski definition) is 2. The number of aliphatic hydroxyl groups is 1. The largest absolute Gasteiger partial charge is 0.362 e. The van der Waals surface area contributed by atoms with Crippen LogP contribution in [-0.2, 0) is 10.5 Å². The van der Waals surface area contributed by atoms with Gasteiger partial charge in [-0.1, -0.05) is 24.3 Å². The van der Waals surface area contributed by atoms with Crippen molar-refractivity contribution in [1.82, 2.24) is 0 Å².